The van der Waals surface area contributed by atoms with Gasteiger partial charge in [-0.15, -0.1) is 11.3 Å². The lowest BCUT2D eigenvalue weighted by molar-refractivity contribution is 0.0696. The van der Waals surface area contributed by atoms with Crippen molar-refractivity contribution in [2.75, 3.05) is 20.6 Å². The van der Waals surface area contributed by atoms with Crippen molar-refractivity contribution in [3.63, 3.8) is 0 Å². The van der Waals surface area contributed by atoms with Gasteiger partial charge in [-0.25, -0.2) is 12.7 Å². The molecule has 0 spiro atoms. The van der Waals surface area contributed by atoms with Gasteiger partial charge in [-0.3, -0.25) is 4.79 Å². The van der Waals surface area contributed by atoms with E-state index in [0.29, 0.717) is 12.1 Å². The van der Waals surface area contributed by atoms with E-state index in [1.165, 1.54) is 36.7 Å². The van der Waals surface area contributed by atoms with Crippen molar-refractivity contribution in [2.45, 2.75) is 17.4 Å². The van der Waals surface area contributed by atoms with Crippen LogP contribution in [0.4, 0.5) is 0 Å². The van der Waals surface area contributed by atoms with Crippen molar-refractivity contribution in [3.05, 3.63) is 87.6 Å². The minimum Gasteiger partial charge on any atom is -0.327 e. The highest BCUT2D eigenvalue weighted by Crippen LogP contribution is 2.38. The number of carbonyl (C=O) groups is 1. The molecule has 1 aromatic heterocycles. The molecule has 2 heterocycles. The third kappa shape index (κ3) is 3.61. The van der Waals surface area contributed by atoms with Crippen molar-refractivity contribution in [1.82, 2.24) is 9.21 Å². The summed E-state index contributed by atoms with van der Waals surface area (Å²) < 4.78 is 25.7. The van der Waals surface area contributed by atoms with Gasteiger partial charge in [0.1, 0.15) is 0 Å². The largest absolute Gasteiger partial charge is 0.327 e. The third-order valence-electron chi connectivity index (χ3n) is 5.22. The molecule has 0 aliphatic carbocycles. The number of carbonyl (C=O) groups excluding carboxylic acids is 1. The van der Waals surface area contributed by atoms with E-state index in [-0.39, 0.29) is 16.8 Å². The van der Waals surface area contributed by atoms with Gasteiger partial charge in [-0.05, 0) is 53.3 Å². The minimum absolute atomic E-state index is 0.0931. The van der Waals surface area contributed by atoms with E-state index >= 15 is 0 Å². The van der Waals surface area contributed by atoms with Gasteiger partial charge in [0.15, 0.2) is 0 Å². The summed E-state index contributed by atoms with van der Waals surface area (Å²) in [6.07, 6.45) is 0.829. The lowest BCUT2D eigenvalue weighted by Crippen LogP contribution is -2.40. The Bertz CT molecular complexity index is 1120. The standard InChI is InChI=1S/C22H22N2O3S2/c1-23(2)29(26,27)18-10-8-17(9-11-18)22(25)24-14-12-20-19(13-15-28-20)21(24)16-6-4-3-5-7-16/h3-11,13,15,21H,12,14H2,1-2H3. The quantitative estimate of drug-likeness (QED) is 0.638. The van der Waals surface area contributed by atoms with Crippen molar-refractivity contribution in [3.8, 4) is 0 Å². The topological polar surface area (TPSA) is 57.7 Å². The van der Waals surface area contributed by atoms with Crippen LogP contribution in [0.3, 0.4) is 0 Å². The van der Waals surface area contributed by atoms with Crippen LogP contribution in [-0.4, -0.2) is 44.2 Å². The first kappa shape index (κ1) is 19.8. The van der Waals surface area contributed by atoms with Crippen LogP contribution < -0.4 is 0 Å². The van der Waals surface area contributed by atoms with Crippen LogP contribution >= 0.6 is 11.3 Å². The molecule has 1 unspecified atom stereocenters. The third-order valence-corrected chi connectivity index (χ3v) is 8.05. The fourth-order valence-corrected chi connectivity index (χ4v) is 5.48. The van der Waals surface area contributed by atoms with Gasteiger partial charge in [0.2, 0.25) is 10.0 Å². The zero-order chi connectivity index (χ0) is 20.6. The van der Waals surface area contributed by atoms with Crippen molar-refractivity contribution < 1.29 is 13.2 Å². The molecule has 0 radical (unpaired) electrons. The average Bonchev–Trinajstić information content (AvgIpc) is 3.22. The fourth-order valence-electron chi connectivity index (χ4n) is 3.68. The summed E-state index contributed by atoms with van der Waals surface area (Å²) in [5.74, 6) is -0.0931. The molecule has 4 rings (SSSR count). The van der Waals surface area contributed by atoms with E-state index in [9.17, 15) is 13.2 Å². The van der Waals surface area contributed by atoms with Crippen LogP contribution in [0, 0.1) is 0 Å². The summed E-state index contributed by atoms with van der Waals surface area (Å²) in [7, 11) is -0.538. The molecule has 0 bridgehead atoms. The predicted molar refractivity (Wildman–Crippen MR) is 115 cm³/mol. The second-order valence-corrected chi connectivity index (χ2v) is 10.3. The molecule has 0 fully saturated rings. The Morgan fingerprint density at radius 3 is 2.38 bits per heavy atom. The van der Waals surface area contributed by atoms with Crippen LogP contribution in [0.5, 0.6) is 0 Å². The maximum atomic E-state index is 13.4. The van der Waals surface area contributed by atoms with Crippen LogP contribution in [0.2, 0.25) is 0 Å². The summed E-state index contributed by atoms with van der Waals surface area (Å²) in [5.41, 5.74) is 2.74. The van der Waals surface area contributed by atoms with Crippen molar-refractivity contribution in [1.29, 1.82) is 0 Å². The summed E-state index contributed by atoms with van der Waals surface area (Å²) in [6.45, 7) is 0.629. The number of thiophene rings is 1. The molecular weight excluding hydrogens is 404 g/mol. The number of hydrogen-bond acceptors (Lipinski definition) is 4. The molecule has 1 amide bonds. The monoisotopic (exact) mass is 426 g/mol. The van der Waals surface area contributed by atoms with Gasteiger partial charge in [0.05, 0.1) is 10.9 Å². The number of amides is 1. The maximum absolute atomic E-state index is 13.4. The van der Waals surface area contributed by atoms with E-state index in [1.807, 2.05) is 35.2 Å². The van der Waals surface area contributed by atoms with Crippen LogP contribution in [0.1, 0.15) is 32.4 Å². The number of fused-ring (bicyclic) bond motifs is 1. The zero-order valence-electron chi connectivity index (χ0n) is 16.3. The zero-order valence-corrected chi connectivity index (χ0v) is 17.9. The lowest BCUT2D eigenvalue weighted by atomic mass is 9.92. The Morgan fingerprint density at radius 1 is 1.03 bits per heavy atom. The number of nitrogens with zero attached hydrogens (tertiary/aromatic N) is 2. The second-order valence-electron chi connectivity index (χ2n) is 7.17. The van der Waals surface area contributed by atoms with E-state index in [4.69, 9.17) is 0 Å². The number of hydrogen-bond donors (Lipinski definition) is 0. The molecule has 5 nitrogen and oxygen atoms in total. The van der Waals surface area contributed by atoms with Gasteiger partial charge >= 0.3 is 0 Å². The Labute approximate surface area is 175 Å². The first-order valence-electron chi connectivity index (χ1n) is 9.34. The molecular formula is C22H22N2O3S2. The molecule has 150 valence electrons. The van der Waals surface area contributed by atoms with Crippen LogP contribution in [-0.2, 0) is 16.4 Å². The first-order chi connectivity index (χ1) is 13.9. The summed E-state index contributed by atoms with van der Waals surface area (Å²) >= 11 is 1.73. The molecule has 0 saturated heterocycles. The summed E-state index contributed by atoms with van der Waals surface area (Å²) in [5, 5.41) is 2.08. The summed E-state index contributed by atoms with van der Waals surface area (Å²) in [6, 6.07) is 18.2. The van der Waals surface area contributed by atoms with Gasteiger partial charge in [-0.1, -0.05) is 30.3 Å². The highest BCUT2D eigenvalue weighted by atomic mass is 32.2. The SMILES string of the molecule is CN(C)S(=O)(=O)c1ccc(C(=O)N2CCc3sccc3C2c2ccccc2)cc1. The fraction of sp³-hybridized carbons (Fsp3) is 0.227. The molecule has 1 atom stereocenters. The minimum atomic E-state index is -3.52. The summed E-state index contributed by atoms with van der Waals surface area (Å²) in [4.78, 5) is 16.8. The average molecular weight is 427 g/mol. The van der Waals surface area contributed by atoms with Crippen molar-refractivity contribution in [2.24, 2.45) is 0 Å². The van der Waals surface area contributed by atoms with E-state index < -0.39 is 10.0 Å². The molecule has 1 aliphatic rings. The molecule has 2 aromatic carbocycles. The van der Waals surface area contributed by atoms with Crippen LogP contribution in [0.15, 0.2) is 70.9 Å². The number of benzene rings is 2. The Morgan fingerprint density at radius 2 is 1.72 bits per heavy atom. The van der Waals surface area contributed by atoms with E-state index in [1.54, 1.807) is 23.5 Å². The van der Waals surface area contributed by atoms with Gasteiger partial charge in [0, 0.05) is 31.1 Å². The van der Waals surface area contributed by atoms with Crippen molar-refractivity contribution >= 4 is 27.3 Å². The first-order valence-corrected chi connectivity index (χ1v) is 11.7. The van der Waals surface area contributed by atoms with Gasteiger partial charge < -0.3 is 4.90 Å². The Hall–Kier alpha value is -2.48. The van der Waals surface area contributed by atoms with Crippen LogP contribution in [0.25, 0.3) is 0 Å². The Balaban J connectivity index is 1.69. The normalized spacial score (nSPS) is 16.7. The highest BCUT2D eigenvalue weighted by Gasteiger charge is 2.33. The predicted octanol–water partition coefficient (Wildman–Crippen LogP) is 3.79. The van der Waals surface area contributed by atoms with Gasteiger partial charge in [-0.2, -0.15) is 0 Å². The molecule has 0 N–H and O–H groups in total. The number of rotatable bonds is 4. The maximum Gasteiger partial charge on any atom is 0.254 e. The molecule has 1 aliphatic heterocycles. The highest BCUT2D eigenvalue weighted by molar-refractivity contribution is 7.89. The molecule has 7 heteroatoms. The molecule has 0 saturated carbocycles. The second kappa shape index (κ2) is 7.74. The number of sulfonamides is 1. The lowest BCUT2D eigenvalue weighted by Gasteiger charge is -2.36. The molecule has 3 aromatic rings. The van der Waals surface area contributed by atoms with E-state index in [2.05, 4.69) is 11.4 Å². The van der Waals surface area contributed by atoms with E-state index in [0.717, 1.165) is 16.3 Å². The smallest absolute Gasteiger partial charge is 0.254 e. The Kier molecular flexibility index (Phi) is 5.29. The van der Waals surface area contributed by atoms with Gasteiger partial charge in [0.25, 0.3) is 5.91 Å². The molecule has 29 heavy (non-hydrogen) atoms.